The van der Waals surface area contributed by atoms with Crippen molar-refractivity contribution in [2.24, 2.45) is 0 Å². The van der Waals surface area contributed by atoms with E-state index in [4.69, 9.17) is 16.3 Å². The topological polar surface area (TPSA) is 58.6 Å². The van der Waals surface area contributed by atoms with E-state index in [0.29, 0.717) is 5.02 Å². The monoisotopic (exact) mass is 342 g/mol. The summed E-state index contributed by atoms with van der Waals surface area (Å²) in [6.45, 7) is 0.834. The van der Waals surface area contributed by atoms with Gasteiger partial charge in [0.1, 0.15) is 5.82 Å². The van der Waals surface area contributed by atoms with Crippen LogP contribution in [0.4, 0.5) is 10.1 Å². The molecule has 0 aliphatic carbocycles. The van der Waals surface area contributed by atoms with Gasteiger partial charge >= 0.3 is 5.97 Å². The third kappa shape index (κ3) is 5.18. The van der Waals surface area contributed by atoms with Gasteiger partial charge in [-0.05, 0) is 37.6 Å². The number of carbonyl (C=O) groups is 2. The van der Waals surface area contributed by atoms with E-state index in [1.54, 1.807) is 0 Å². The lowest BCUT2D eigenvalue weighted by Crippen LogP contribution is -2.45. The Bertz CT molecular complexity index is 582. The average Bonchev–Trinajstić information content (AvgIpc) is 2.52. The predicted octanol–water partition coefficient (Wildman–Crippen LogP) is 2.84. The molecular formula is C16H20ClFN2O3. The Balaban J connectivity index is 1.96. The van der Waals surface area contributed by atoms with Crippen LogP contribution in [0.2, 0.25) is 5.02 Å². The Morgan fingerprint density at radius 3 is 2.96 bits per heavy atom. The number of likely N-dealkylation sites (tertiary alicyclic amines) is 1. The van der Waals surface area contributed by atoms with Crippen LogP contribution >= 0.6 is 11.6 Å². The third-order valence-corrected chi connectivity index (χ3v) is 4.16. The van der Waals surface area contributed by atoms with Crippen molar-refractivity contribution in [1.82, 2.24) is 4.90 Å². The van der Waals surface area contributed by atoms with Crippen LogP contribution in [-0.2, 0) is 14.3 Å². The zero-order valence-corrected chi connectivity index (χ0v) is 13.7. The van der Waals surface area contributed by atoms with Crippen LogP contribution in [0.15, 0.2) is 18.2 Å². The fourth-order valence-electron chi connectivity index (χ4n) is 2.74. The number of ether oxygens (including phenoxy) is 1. The van der Waals surface area contributed by atoms with Crippen molar-refractivity contribution in [1.29, 1.82) is 0 Å². The Morgan fingerprint density at radius 1 is 1.43 bits per heavy atom. The summed E-state index contributed by atoms with van der Waals surface area (Å²) in [5, 5.41) is 2.88. The minimum Gasteiger partial charge on any atom is -0.469 e. The largest absolute Gasteiger partial charge is 0.469 e. The zero-order valence-electron chi connectivity index (χ0n) is 13.0. The molecule has 7 heteroatoms. The van der Waals surface area contributed by atoms with Crippen molar-refractivity contribution < 1.29 is 18.7 Å². The quantitative estimate of drug-likeness (QED) is 0.836. The molecule has 1 unspecified atom stereocenters. The minimum absolute atomic E-state index is 0.0221. The lowest BCUT2D eigenvalue weighted by atomic mass is 9.99. The van der Waals surface area contributed by atoms with Gasteiger partial charge in [-0.1, -0.05) is 18.0 Å². The highest BCUT2D eigenvalue weighted by Gasteiger charge is 2.26. The molecule has 1 N–H and O–H groups in total. The highest BCUT2D eigenvalue weighted by molar-refractivity contribution is 6.30. The number of halogens is 2. The minimum atomic E-state index is -0.535. The number of hydrogen-bond acceptors (Lipinski definition) is 4. The first-order chi connectivity index (χ1) is 11.0. The van der Waals surface area contributed by atoms with Gasteiger partial charge in [0.05, 0.1) is 25.8 Å². The number of carbonyl (C=O) groups excluding carboxylic acids is 2. The van der Waals surface area contributed by atoms with Crippen molar-refractivity contribution in [3.8, 4) is 0 Å². The summed E-state index contributed by atoms with van der Waals surface area (Å²) in [6, 6.07) is 3.98. The molecule has 5 nitrogen and oxygen atoms in total. The third-order valence-electron chi connectivity index (χ3n) is 3.93. The van der Waals surface area contributed by atoms with E-state index in [1.165, 1.54) is 25.3 Å². The lowest BCUT2D eigenvalue weighted by molar-refractivity contribution is -0.142. The number of rotatable bonds is 5. The van der Waals surface area contributed by atoms with Crippen molar-refractivity contribution in [3.63, 3.8) is 0 Å². The Hall–Kier alpha value is -1.66. The molecule has 1 aromatic rings. The van der Waals surface area contributed by atoms with Crippen molar-refractivity contribution >= 4 is 29.2 Å². The fourth-order valence-corrected chi connectivity index (χ4v) is 2.91. The summed E-state index contributed by atoms with van der Waals surface area (Å²) < 4.78 is 18.4. The van der Waals surface area contributed by atoms with Crippen LogP contribution in [0, 0.1) is 5.82 Å². The van der Waals surface area contributed by atoms with Crippen LogP contribution in [0.5, 0.6) is 0 Å². The number of nitrogens with one attached hydrogen (secondary N) is 1. The second kappa shape index (κ2) is 8.26. The molecule has 1 atom stereocenters. The van der Waals surface area contributed by atoms with Gasteiger partial charge in [0.25, 0.3) is 0 Å². The summed E-state index contributed by atoms with van der Waals surface area (Å²) in [5.74, 6) is -1.15. The van der Waals surface area contributed by atoms with Gasteiger partial charge in [-0.15, -0.1) is 0 Å². The molecule has 0 saturated carbocycles. The van der Waals surface area contributed by atoms with Gasteiger partial charge in [0.15, 0.2) is 0 Å². The van der Waals surface area contributed by atoms with E-state index in [1.807, 2.05) is 4.90 Å². The molecule has 0 spiro atoms. The Kier molecular flexibility index (Phi) is 6.36. The first-order valence-electron chi connectivity index (χ1n) is 7.55. The number of benzene rings is 1. The van der Waals surface area contributed by atoms with Crippen LogP contribution < -0.4 is 5.32 Å². The first-order valence-corrected chi connectivity index (χ1v) is 7.93. The fraction of sp³-hybridized carbons (Fsp3) is 0.500. The second-order valence-electron chi connectivity index (χ2n) is 5.57. The van der Waals surface area contributed by atoms with Crippen molar-refractivity contribution in [2.75, 3.05) is 25.5 Å². The number of amides is 1. The van der Waals surface area contributed by atoms with Gasteiger partial charge in [0, 0.05) is 11.1 Å². The molecule has 0 aromatic heterocycles. The number of anilines is 1. The van der Waals surface area contributed by atoms with Gasteiger partial charge in [0.2, 0.25) is 5.91 Å². The zero-order chi connectivity index (χ0) is 16.8. The summed E-state index contributed by atoms with van der Waals surface area (Å²) in [5.41, 5.74) is 0.0593. The van der Waals surface area contributed by atoms with Crippen LogP contribution in [0.25, 0.3) is 0 Å². The van der Waals surface area contributed by atoms with E-state index in [-0.39, 0.29) is 36.6 Å². The molecule has 1 heterocycles. The van der Waals surface area contributed by atoms with E-state index in [0.717, 1.165) is 25.8 Å². The van der Waals surface area contributed by atoms with Crippen molar-refractivity contribution in [2.45, 2.75) is 31.7 Å². The lowest BCUT2D eigenvalue weighted by Gasteiger charge is -2.34. The molecule has 0 radical (unpaired) electrons. The smallest absolute Gasteiger partial charge is 0.307 e. The standard InChI is InChI=1S/C16H20ClFN2O3/c1-23-16(22)9-12-4-2-3-7-20(12)10-15(21)19-14-8-11(17)5-6-13(14)18/h5-6,8,12H,2-4,7,9-10H2,1H3,(H,19,21). The Labute approximate surface area is 139 Å². The average molecular weight is 343 g/mol. The number of methoxy groups -OCH3 is 1. The van der Waals surface area contributed by atoms with Crippen LogP contribution in [0.3, 0.4) is 0 Å². The number of hydrogen-bond donors (Lipinski definition) is 1. The molecule has 1 fully saturated rings. The molecule has 0 bridgehead atoms. The van der Waals surface area contributed by atoms with Crippen LogP contribution in [-0.4, -0.2) is 43.0 Å². The maximum atomic E-state index is 13.7. The highest BCUT2D eigenvalue weighted by atomic mass is 35.5. The molecule has 1 aliphatic heterocycles. The molecule has 1 amide bonds. The number of esters is 1. The molecular weight excluding hydrogens is 323 g/mol. The number of piperidine rings is 1. The maximum Gasteiger partial charge on any atom is 0.307 e. The normalized spacial score (nSPS) is 18.5. The molecule has 23 heavy (non-hydrogen) atoms. The summed E-state index contributed by atoms with van der Waals surface area (Å²) in [6.07, 6.45) is 3.09. The SMILES string of the molecule is COC(=O)CC1CCCCN1CC(=O)Nc1cc(Cl)ccc1F. The van der Waals surface area contributed by atoms with Crippen LogP contribution in [0.1, 0.15) is 25.7 Å². The van der Waals surface area contributed by atoms with Crippen molar-refractivity contribution in [3.05, 3.63) is 29.0 Å². The number of nitrogens with zero attached hydrogens (tertiary/aromatic N) is 1. The first kappa shape index (κ1) is 17.7. The Morgan fingerprint density at radius 2 is 2.22 bits per heavy atom. The maximum absolute atomic E-state index is 13.7. The van der Waals surface area contributed by atoms with E-state index < -0.39 is 5.82 Å². The molecule has 1 aliphatic rings. The summed E-state index contributed by atoms with van der Waals surface area (Å²) in [4.78, 5) is 25.6. The van der Waals surface area contributed by atoms with Gasteiger partial charge in [-0.2, -0.15) is 0 Å². The predicted molar refractivity (Wildman–Crippen MR) is 85.9 cm³/mol. The van der Waals surface area contributed by atoms with Gasteiger partial charge in [-0.3, -0.25) is 14.5 Å². The molecule has 126 valence electrons. The van der Waals surface area contributed by atoms with Gasteiger partial charge in [-0.25, -0.2) is 4.39 Å². The van der Waals surface area contributed by atoms with E-state index >= 15 is 0 Å². The summed E-state index contributed by atoms with van der Waals surface area (Å²) in [7, 11) is 1.35. The second-order valence-corrected chi connectivity index (χ2v) is 6.01. The van der Waals surface area contributed by atoms with E-state index in [2.05, 4.69) is 5.32 Å². The van der Waals surface area contributed by atoms with E-state index in [9.17, 15) is 14.0 Å². The molecule has 1 saturated heterocycles. The highest BCUT2D eigenvalue weighted by Crippen LogP contribution is 2.22. The summed E-state index contributed by atoms with van der Waals surface area (Å²) >= 11 is 5.81. The molecule has 2 rings (SSSR count). The molecule has 1 aromatic carbocycles. The van der Waals surface area contributed by atoms with Gasteiger partial charge < -0.3 is 10.1 Å².